The lowest BCUT2D eigenvalue weighted by molar-refractivity contribution is -0.140. The van der Waals surface area contributed by atoms with Gasteiger partial charge in [-0.15, -0.1) is 0 Å². The van der Waals surface area contributed by atoms with Gasteiger partial charge in [0, 0.05) is 43.3 Å². The first-order valence-corrected chi connectivity index (χ1v) is 14.5. The van der Waals surface area contributed by atoms with E-state index in [-0.39, 0.29) is 42.4 Å². The molecule has 0 unspecified atom stereocenters. The Hall–Kier alpha value is -3.88. The fourth-order valence-electron chi connectivity index (χ4n) is 4.37. The maximum Gasteiger partial charge on any atom is 0.326 e. The van der Waals surface area contributed by atoms with Crippen molar-refractivity contribution in [2.45, 2.75) is 43.9 Å². The van der Waals surface area contributed by atoms with Crippen LogP contribution in [-0.2, 0) is 19.6 Å². The predicted octanol–water partition coefficient (Wildman–Crippen LogP) is 1.10. The Morgan fingerprint density at radius 1 is 1.05 bits per heavy atom. The highest BCUT2D eigenvalue weighted by atomic mass is 32.2. The highest BCUT2D eigenvalue weighted by molar-refractivity contribution is 7.92. The van der Waals surface area contributed by atoms with Crippen molar-refractivity contribution in [1.82, 2.24) is 10.6 Å². The molecule has 0 radical (unpaired) electrons. The van der Waals surface area contributed by atoms with Crippen molar-refractivity contribution < 1.29 is 43.2 Å². The molecule has 40 heavy (non-hydrogen) atoms. The van der Waals surface area contributed by atoms with Crippen LogP contribution >= 0.6 is 0 Å². The van der Waals surface area contributed by atoms with Crippen LogP contribution in [0.3, 0.4) is 0 Å². The predicted molar refractivity (Wildman–Crippen MR) is 147 cm³/mol. The normalized spacial score (nSPS) is 15.7. The minimum Gasteiger partial charge on any atom is -0.506 e. The topological polar surface area (TPSA) is 206 Å². The largest absolute Gasteiger partial charge is 0.506 e. The molecule has 0 aliphatic carbocycles. The van der Waals surface area contributed by atoms with Gasteiger partial charge in [0.1, 0.15) is 11.8 Å². The van der Waals surface area contributed by atoms with Crippen LogP contribution in [0.4, 0.5) is 11.4 Å². The second-order valence-corrected chi connectivity index (χ2v) is 11.4. The second-order valence-electron chi connectivity index (χ2n) is 9.68. The molecule has 7 N–H and O–H groups in total. The SMILES string of the molecule is CS(=O)(=O)Nc1cc([C@@H](O)CNC2CCN(c3ccc(C(=O)N[C@@H](CCC(=O)O)C(=O)O)cc3)CC2)ccc1O. The van der Waals surface area contributed by atoms with Crippen molar-refractivity contribution in [3.63, 3.8) is 0 Å². The summed E-state index contributed by atoms with van der Waals surface area (Å²) < 4.78 is 25.2. The average Bonchev–Trinajstić information content (AvgIpc) is 2.90. The monoisotopic (exact) mass is 578 g/mol. The molecule has 2 atom stereocenters. The number of aliphatic hydroxyl groups excluding tert-OH is 1. The number of piperidine rings is 1. The van der Waals surface area contributed by atoms with Gasteiger partial charge in [-0.3, -0.25) is 14.3 Å². The molecule has 1 aliphatic rings. The fraction of sp³-hybridized carbons (Fsp3) is 0.423. The molecule has 0 saturated carbocycles. The van der Waals surface area contributed by atoms with Crippen LogP contribution in [0.25, 0.3) is 0 Å². The molecule has 1 amide bonds. The molecule has 2 aromatic rings. The highest BCUT2D eigenvalue weighted by Crippen LogP contribution is 2.28. The van der Waals surface area contributed by atoms with E-state index in [0.29, 0.717) is 5.56 Å². The molecule has 13 nitrogen and oxygen atoms in total. The first kappa shape index (κ1) is 30.7. The maximum atomic E-state index is 12.5. The number of nitrogens with zero attached hydrogens (tertiary/aromatic N) is 1. The van der Waals surface area contributed by atoms with E-state index in [1.165, 1.54) is 18.2 Å². The van der Waals surface area contributed by atoms with Gasteiger partial charge in [-0.25, -0.2) is 13.2 Å². The summed E-state index contributed by atoms with van der Waals surface area (Å²) in [4.78, 5) is 36.6. The summed E-state index contributed by atoms with van der Waals surface area (Å²) in [6.07, 6.45) is 1.04. The molecule has 0 bridgehead atoms. The number of hydrogen-bond acceptors (Lipinski definition) is 9. The van der Waals surface area contributed by atoms with Crippen molar-refractivity contribution >= 4 is 39.2 Å². The van der Waals surface area contributed by atoms with Gasteiger partial charge in [0.15, 0.2) is 0 Å². The molecule has 1 saturated heterocycles. The zero-order valence-corrected chi connectivity index (χ0v) is 22.7. The molecule has 0 spiro atoms. The van der Waals surface area contributed by atoms with Gasteiger partial charge in [0.25, 0.3) is 5.91 Å². The quantitative estimate of drug-likeness (QED) is 0.168. The molecular weight excluding hydrogens is 544 g/mol. The van der Waals surface area contributed by atoms with Gasteiger partial charge in [-0.05, 0) is 61.2 Å². The Bertz CT molecular complexity index is 1310. The molecule has 1 aliphatic heterocycles. The number of carboxylic acids is 2. The molecule has 1 fully saturated rings. The lowest BCUT2D eigenvalue weighted by atomic mass is 10.0. The summed E-state index contributed by atoms with van der Waals surface area (Å²) in [5.74, 6) is -3.28. The molecule has 2 aromatic carbocycles. The third-order valence-electron chi connectivity index (χ3n) is 6.54. The van der Waals surface area contributed by atoms with E-state index < -0.39 is 40.0 Å². The van der Waals surface area contributed by atoms with E-state index in [0.717, 1.165) is 37.9 Å². The Balaban J connectivity index is 1.48. The Morgan fingerprint density at radius 2 is 1.70 bits per heavy atom. The number of aromatic hydroxyl groups is 1. The van der Waals surface area contributed by atoms with Crippen LogP contribution in [0.5, 0.6) is 5.75 Å². The number of aliphatic hydroxyl groups is 1. The van der Waals surface area contributed by atoms with Crippen LogP contribution in [-0.4, -0.2) is 84.7 Å². The Labute approximate surface area is 231 Å². The lowest BCUT2D eigenvalue weighted by Crippen LogP contribution is -2.43. The molecule has 3 rings (SSSR count). The summed E-state index contributed by atoms with van der Waals surface area (Å²) >= 11 is 0. The van der Waals surface area contributed by atoms with E-state index in [2.05, 4.69) is 20.3 Å². The molecular formula is C26H34N4O9S. The Kier molecular flexibility index (Phi) is 10.3. The van der Waals surface area contributed by atoms with Crippen LogP contribution in [0.2, 0.25) is 0 Å². The van der Waals surface area contributed by atoms with Crippen molar-refractivity contribution in [3.8, 4) is 5.75 Å². The van der Waals surface area contributed by atoms with Crippen LogP contribution < -0.4 is 20.3 Å². The van der Waals surface area contributed by atoms with E-state index in [4.69, 9.17) is 5.11 Å². The van der Waals surface area contributed by atoms with Crippen molar-refractivity contribution in [2.24, 2.45) is 0 Å². The number of benzene rings is 2. The number of phenolic OH excluding ortho intramolecular Hbond substituents is 1. The number of carbonyl (C=O) groups excluding carboxylic acids is 1. The highest BCUT2D eigenvalue weighted by Gasteiger charge is 2.23. The minimum atomic E-state index is -3.59. The van der Waals surface area contributed by atoms with Gasteiger partial charge in [-0.1, -0.05) is 6.07 Å². The number of rotatable bonds is 13. The van der Waals surface area contributed by atoms with E-state index in [1.54, 1.807) is 24.3 Å². The third kappa shape index (κ3) is 9.10. The molecule has 14 heteroatoms. The third-order valence-corrected chi connectivity index (χ3v) is 7.13. The number of phenols is 1. The van der Waals surface area contributed by atoms with Gasteiger partial charge in [-0.2, -0.15) is 0 Å². The zero-order chi connectivity index (χ0) is 29.4. The zero-order valence-electron chi connectivity index (χ0n) is 21.9. The molecule has 0 aromatic heterocycles. The average molecular weight is 579 g/mol. The van der Waals surface area contributed by atoms with Gasteiger partial charge < -0.3 is 36.0 Å². The van der Waals surface area contributed by atoms with E-state index in [1.807, 2.05) is 0 Å². The number of nitrogens with one attached hydrogen (secondary N) is 3. The van der Waals surface area contributed by atoms with Crippen LogP contribution in [0, 0.1) is 0 Å². The van der Waals surface area contributed by atoms with Crippen molar-refractivity contribution in [3.05, 3.63) is 53.6 Å². The standard InChI is InChI=1S/C26H34N4O9S/c1-40(38,39)29-21-14-17(4-8-22(21)31)23(32)15-27-18-10-12-30(13-11-18)19-5-2-16(3-6-19)25(35)28-20(26(36)37)7-9-24(33)34/h2-6,8,14,18,20,23,27,29,31-32H,7,9-13,15H2,1H3,(H,28,35)(H,33,34)(H,36,37)/t20-,23-/m0/s1. The van der Waals surface area contributed by atoms with Crippen molar-refractivity contribution in [1.29, 1.82) is 0 Å². The van der Waals surface area contributed by atoms with Crippen LogP contribution in [0.15, 0.2) is 42.5 Å². The summed E-state index contributed by atoms with van der Waals surface area (Å²) in [5, 5.41) is 44.1. The first-order valence-electron chi connectivity index (χ1n) is 12.6. The summed E-state index contributed by atoms with van der Waals surface area (Å²) in [6, 6.07) is 9.81. The maximum absolute atomic E-state index is 12.5. The fourth-order valence-corrected chi connectivity index (χ4v) is 4.93. The molecule has 218 valence electrons. The van der Waals surface area contributed by atoms with Crippen LogP contribution in [0.1, 0.15) is 47.7 Å². The molecule has 1 heterocycles. The van der Waals surface area contributed by atoms with Gasteiger partial charge in [0.05, 0.1) is 18.0 Å². The second kappa shape index (κ2) is 13.5. The summed E-state index contributed by atoms with van der Waals surface area (Å²) in [7, 11) is -3.59. The van der Waals surface area contributed by atoms with Crippen molar-refractivity contribution in [2.75, 3.05) is 35.5 Å². The van der Waals surface area contributed by atoms with Gasteiger partial charge in [0.2, 0.25) is 10.0 Å². The number of anilines is 2. The van der Waals surface area contributed by atoms with E-state index >= 15 is 0 Å². The first-order chi connectivity index (χ1) is 18.8. The van der Waals surface area contributed by atoms with E-state index in [9.17, 15) is 38.1 Å². The summed E-state index contributed by atoms with van der Waals surface area (Å²) in [6.45, 7) is 1.68. The smallest absolute Gasteiger partial charge is 0.326 e. The van der Waals surface area contributed by atoms with Gasteiger partial charge >= 0.3 is 11.9 Å². The number of sulfonamides is 1. The summed E-state index contributed by atoms with van der Waals surface area (Å²) in [5.41, 5.74) is 1.61. The number of aliphatic carboxylic acids is 2. The Morgan fingerprint density at radius 3 is 2.27 bits per heavy atom. The number of carboxylic acid groups (broad SMARTS) is 2. The number of carbonyl (C=O) groups is 3. The lowest BCUT2D eigenvalue weighted by Gasteiger charge is -2.34. The number of hydrogen-bond donors (Lipinski definition) is 7. The number of amides is 1. The minimum absolute atomic E-state index is 0.00394.